The molecule has 2 aromatic rings. The van der Waals surface area contributed by atoms with E-state index < -0.39 is 15.8 Å². The number of carbonyl (C=O) groups excluding carboxylic acids is 1. The third kappa shape index (κ3) is 4.64. The summed E-state index contributed by atoms with van der Waals surface area (Å²) in [7, 11) is -2.79. The molecule has 2 bridgehead atoms. The standard InChI is InChI=1S/C32H37ClN2O4S/c1-40(38)30-16-21(30)4-2-6-28(36)25-10-7-23(25)17-35-18-32(13-3-5-20-14-24(33)9-11-26(20)32)19-39-29-12-8-22(15-27(29)35)31(37)34-40/h2,6,8-9,11-12,14-15,21,23,25,28,30,36H,1,3-5,7,10,13,16-19H2,(H,34,37,38)/b6-2+/t21-,23+,25-,28+,30+,32+,40?/m1/s1. The number of anilines is 1. The van der Waals surface area contributed by atoms with Crippen molar-refractivity contribution in [2.24, 2.45) is 17.8 Å². The van der Waals surface area contributed by atoms with Gasteiger partial charge in [-0.25, -0.2) is 4.21 Å². The van der Waals surface area contributed by atoms with Crippen LogP contribution in [0.5, 0.6) is 5.75 Å². The summed E-state index contributed by atoms with van der Waals surface area (Å²) >= 11 is 6.39. The second kappa shape index (κ2) is 9.81. The van der Waals surface area contributed by atoms with E-state index in [9.17, 15) is 14.1 Å². The van der Waals surface area contributed by atoms with Crippen molar-refractivity contribution < 1.29 is 18.8 Å². The zero-order valence-corrected chi connectivity index (χ0v) is 24.3. The van der Waals surface area contributed by atoms with E-state index in [-0.39, 0.29) is 28.4 Å². The molecule has 0 saturated heterocycles. The van der Waals surface area contributed by atoms with Gasteiger partial charge in [-0.15, -0.1) is 0 Å². The number of nitrogens with one attached hydrogen (secondary N) is 1. The molecule has 2 saturated carbocycles. The molecular formula is C32H37ClN2O4S. The van der Waals surface area contributed by atoms with Crippen LogP contribution in [0.25, 0.3) is 0 Å². The fraction of sp³-hybridized carbons (Fsp3) is 0.500. The van der Waals surface area contributed by atoms with Gasteiger partial charge < -0.3 is 14.7 Å². The quantitative estimate of drug-likeness (QED) is 0.342. The number of aliphatic hydroxyl groups is 1. The third-order valence-electron chi connectivity index (χ3n) is 10.1. The van der Waals surface area contributed by atoms with Crippen molar-refractivity contribution >= 4 is 38.8 Å². The van der Waals surface area contributed by atoms with Gasteiger partial charge in [0.15, 0.2) is 0 Å². The van der Waals surface area contributed by atoms with E-state index in [4.69, 9.17) is 16.3 Å². The van der Waals surface area contributed by atoms with E-state index in [2.05, 4.69) is 27.6 Å². The van der Waals surface area contributed by atoms with Crippen molar-refractivity contribution in [1.82, 2.24) is 4.72 Å². The Balaban J connectivity index is 1.29. The minimum atomic E-state index is -2.79. The average molecular weight is 581 g/mol. The van der Waals surface area contributed by atoms with Gasteiger partial charge in [0, 0.05) is 34.3 Å². The normalized spacial score (nSPS) is 37.5. The molecule has 2 heterocycles. The van der Waals surface area contributed by atoms with Crippen LogP contribution < -0.4 is 14.4 Å². The molecule has 7 atom stereocenters. The van der Waals surface area contributed by atoms with Crippen LogP contribution in [0.1, 0.15) is 60.0 Å². The van der Waals surface area contributed by atoms with Crippen molar-refractivity contribution in [2.45, 2.75) is 61.7 Å². The highest BCUT2D eigenvalue weighted by molar-refractivity contribution is 7.99. The van der Waals surface area contributed by atoms with Gasteiger partial charge in [0.1, 0.15) is 5.75 Å². The molecule has 6 nitrogen and oxygen atoms in total. The summed E-state index contributed by atoms with van der Waals surface area (Å²) in [5.74, 6) is 5.09. The molecule has 7 rings (SSSR count). The van der Waals surface area contributed by atoms with Crippen LogP contribution in [0.4, 0.5) is 5.69 Å². The summed E-state index contributed by atoms with van der Waals surface area (Å²) in [6, 6.07) is 11.8. The van der Waals surface area contributed by atoms with Crippen LogP contribution in [0.15, 0.2) is 48.6 Å². The molecule has 2 aromatic carbocycles. The molecule has 5 aliphatic rings. The van der Waals surface area contributed by atoms with Crippen molar-refractivity contribution in [3.05, 3.63) is 70.3 Å². The van der Waals surface area contributed by atoms with E-state index in [1.807, 2.05) is 30.4 Å². The number of hydrogen-bond acceptors (Lipinski definition) is 5. The smallest absolute Gasteiger partial charge is 0.262 e. The minimum absolute atomic E-state index is 0.136. The second-order valence-corrected chi connectivity index (χ2v) is 15.3. The summed E-state index contributed by atoms with van der Waals surface area (Å²) in [5, 5.41) is 11.7. The summed E-state index contributed by atoms with van der Waals surface area (Å²) in [6.07, 6.45) is 10.1. The van der Waals surface area contributed by atoms with Gasteiger partial charge in [-0.3, -0.25) is 9.52 Å². The molecule has 2 N–H and O–H groups in total. The highest BCUT2D eigenvalue weighted by atomic mass is 35.5. The molecule has 2 fully saturated rings. The van der Waals surface area contributed by atoms with Crippen molar-refractivity contribution in [3.63, 3.8) is 0 Å². The first kappa shape index (κ1) is 26.4. The summed E-state index contributed by atoms with van der Waals surface area (Å²) < 4.78 is 22.7. The number of ether oxygens (including phenoxy) is 1. The monoisotopic (exact) mass is 580 g/mol. The van der Waals surface area contributed by atoms with Crippen LogP contribution in [0.2, 0.25) is 5.02 Å². The number of aliphatic hydroxyl groups excluding tert-OH is 1. The van der Waals surface area contributed by atoms with Gasteiger partial charge in [-0.05, 0) is 110 Å². The first-order valence-corrected chi connectivity index (χ1v) is 16.7. The Kier molecular flexibility index (Phi) is 6.48. The zero-order valence-electron chi connectivity index (χ0n) is 22.7. The molecule has 8 heteroatoms. The van der Waals surface area contributed by atoms with Crippen LogP contribution in [0.3, 0.4) is 0 Å². The molecule has 212 valence electrons. The lowest BCUT2D eigenvalue weighted by Gasteiger charge is -2.45. The number of allylic oxidation sites excluding steroid dienone is 1. The molecule has 40 heavy (non-hydrogen) atoms. The van der Waals surface area contributed by atoms with Crippen molar-refractivity contribution in [1.29, 1.82) is 0 Å². The highest BCUT2D eigenvalue weighted by Crippen LogP contribution is 2.47. The molecule has 1 unspecified atom stereocenters. The van der Waals surface area contributed by atoms with Gasteiger partial charge in [0.05, 0.1) is 28.1 Å². The lowest BCUT2D eigenvalue weighted by Crippen LogP contribution is -2.49. The Labute approximate surface area is 241 Å². The van der Waals surface area contributed by atoms with Crippen molar-refractivity contribution in [3.8, 4) is 5.75 Å². The number of rotatable bonds is 0. The summed E-state index contributed by atoms with van der Waals surface area (Å²) in [5.41, 5.74) is 3.72. The largest absolute Gasteiger partial charge is 0.490 e. The van der Waals surface area contributed by atoms with Gasteiger partial charge in [0.2, 0.25) is 0 Å². The molecular weight excluding hydrogens is 544 g/mol. The van der Waals surface area contributed by atoms with Gasteiger partial charge in [-0.1, -0.05) is 29.8 Å². The SMILES string of the molecule is C=S1(=O)NC(=O)c2ccc3c(c2)N(C[C@@H]2CC[C@H]2[C@@H](O)/C=C/C[C@@H]2C[C@@H]21)C[C@@]1(CCCc2cc(Cl)ccc21)CO3. The maximum Gasteiger partial charge on any atom is 0.262 e. The number of hydrogen-bond donors (Lipinski definition) is 2. The van der Waals surface area contributed by atoms with E-state index in [0.29, 0.717) is 18.1 Å². The number of nitrogens with zero attached hydrogens (tertiary/aromatic N) is 1. The van der Waals surface area contributed by atoms with E-state index in [1.54, 1.807) is 6.07 Å². The Morgan fingerprint density at radius 2 is 2.05 bits per heavy atom. The maximum atomic E-state index is 13.4. The predicted molar refractivity (Wildman–Crippen MR) is 161 cm³/mol. The first-order chi connectivity index (χ1) is 19.2. The Morgan fingerprint density at radius 3 is 2.88 bits per heavy atom. The van der Waals surface area contributed by atoms with E-state index in [1.165, 1.54) is 11.1 Å². The predicted octanol–water partition coefficient (Wildman–Crippen LogP) is 4.91. The van der Waals surface area contributed by atoms with E-state index >= 15 is 0 Å². The summed E-state index contributed by atoms with van der Waals surface area (Å²) in [4.78, 5) is 15.8. The number of aryl methyl sites for hydroxylation is 1. The maximum absolute atomic E-state index is 13.4. The molecule has 0 radical (unpaired) electrons. The highest BCUT2D eigenvalue weighted by Gasteiger charge is 2.45. The molecule has 2 aliphatic heterocycles. The van der Waals surface area contributed by atoms with Crippen molar-refractivity contribution in [2.75, 3.05) is 24.6 Å². The van der Waals surface area contributed by atoms with Gasteiger partial charge in [-0.2, -0.15) is 0 Å². The number of benzene rings is 2. The Morgan fingerprint density at radius 1 is 1.18 bits per heavy atom. The molecule has 0 aromatic heterocycles. The number of amides is 1. The number of halogens is 1. The lowest BCUT2D eigenvalue weighted by molar-refractivity contribution is 0.0456. The molecule has 1 amide bonds. The Bertz CT molecular complexity index is 1490. The fourth-order valence-corrected chi connectivity index (χ4v) is 9.64. The average Bonchev–Trinajstić information content (AvgIpc) is 3.70. The lowest BCUT2D eigenvalue weighted by atomic mass is 9.68. The number of fused-ring (bicyclic) bond motifs is 5. The molecule has 1 spiro atoms. The topological polar surface area (TPSA) is 78.9 Å². The van der Waals surface area contributed by atoms with E-state index in [0.717, 1.165) is 74.5 Å². The van der Waals surface area contributed by atoms with Crippen LogP contribution in [-0.2, 0) is 21.5 Å². The fourth-order valence-electron chi connectivity index (χ4n) is 7.57. The minimum Gasteiger partial charge on any atom is -0.490 e. The third-order valence-corrected chi connectivity index (χ3v) is 12.4. The van der Waals surface area contributed by atoms with Gasteiger partial charge in [0.25, 0.3) is 5.91 Å². The first-order valence-electron chi connectivity index (χ1n) is 14.6. The summed E-state index contributed by atoms with van der Waals surface area (Å²) in [6.45, 7) is 2.08. The number of carbonyl (C=O) groups is 1. The van der Waals surface area contributed by atoms with Crippen LogP contribution in [-0.4, -0.2) is 52.1 Å². The zero-order chi connectivity index (χ0) is 27.6. The molecule has 3 aliphatic carbocycles. The second-order valence-electron chi connectivity index (χ2n) is 12.6. The Hall–Kier alpha value is -2.48. The van der Waals surface area contributed by atoms with Crippen LogP contribution in [0, 0.1) is 17.8 Å². The van der Waals surface area contributed by atoms with Crippen LogP contribution >= 0.6 is 11.6 Å². The van der Waals surface area contributed by atoms with Gasteiger partial charge >= 0.3 is 0 Å².